The smallest absolute Gasteiger partial charge is 0.316 e. The number of carbonyl (C=O) groups excluding carboxylic acids is 1. The Bertz CT molecular complexity index is 536. The van der Waals surface area contributed by atoms with Gasteiger partial charge in [-0.15, -0.1) is 0 Å². The van der Waals surface area contributed by atoms with Crippen molar-refractivity contribution in [3.8, 4) is 0 Å². The molecular weight excluding hydrogens is 285 g/mol. The van der Waals surface area contributed by atoms with Crippen molar-refractivity contribution >= 4 is 5.97 Å². The van der Waals surface area contributed by atoms with Gasteiger partial charge in [0.1, 0.15) is 17.8 Å². The van der Waals surface area contributed by atoms with E-state index in [1.165, 1.54) is 12.1 Å². The van der Waals surface area contributed by atoms with Crippen LogP contribution in [0, 0.1) is 5.82 Å². The largest absolute Gasteiger partial charge is 0.462 e. The number of aliphatic hydroxyl groups is 1. The maximum absolute atomic E-state index is 13.8. The molecule has 4 atom stereocenters. The van der Waals surface area contributed by atoms with Gasteiger partial charge in [0.2, 0.25) is 0 Å². The van der Waals surface area contributed by atoms with Gasteiger partial charge in [-0.1, -0.05) is 18.2 Å². The lowest BCUT2D eigenvalue weighted by atomic mass is 9.98. The first-order valence-electron chi connectivity index (χ1n) is 7.88. The number of hydrogen-bond donors (Lipinski definition) is 1. The number of fused-ring (bicyclic) bond motifs is 2. The maximum atomic E-state index is 13.8. The molecule has 1 aromatic rings. The topological polar surface area (TPSA) is 49.8 Å². The summed E-state index contributed by atoms with van der Waals surface area (Å²) in [5.41, 5.74) is 0.200. The first-order chi connectivity index (χ1) is 10.6. The van der Waals surface area contributed by atoms with Crippen LogP contribution >= 0.6 is 0 Å². The van der Waals surface area contributed by atoms with E-state index in [-0.39, 0.29) is 11.7 Å². The Morgan fingerprint density at radius 2 is 2.00 bits per heavy atom. The summed E-state index contributed by atoms with van der Waals surface area (Å²) >= 11 is 0. The number of halogens is 1. The number of piperidine rings is 1. The van der Waals surface area contributed by atoms with E-state index in [9.17, 15) is 14.3 Å². The molecule has 0 aromatic heterocycles. The first-order valence-corrected chi connectivity index (χ1v) is 7.88. The van der Waals surface area contributed by atoms with E-state index in [0.29, 0.717) is 12.1 Å². The average Bonchev–Trinajstić information content (AvgIpc) is 2.72. The van der Waals surface area contributed by atoms with Crippen LogP contribution in [0.2, 0.25) is 0 Å². The maximum Gasteiger partial charge on any atom is 0.316 e. The van der Waals surface area contributed by atoms with Gasteiger partial charge in [-0.3, -0.25) is 4.79 Å². The molecule has 2 aliphatic heterocycles. The summed E-state index contributed by atoms with van der Waals surface area (Å²) in [6, 6.07) is 6.98. The number of ether oxygens (including phenoxy) is 1. The van der Waals surface area contributed by atoms with E-state index in [4.69, 9.17) is 4.74 Å². The van der Waals surface area contributed by atoms with Crippen molar-refractivity contribution in [1.29, 1.82) is 0 Å². The highest BCUT2D eigenvalue weighted by atomic mass is 19.1. The van der Waals surface area contributed by atoms with Crippen LogP contribution in [0.3, 0.4) is 0 Å². The Labute approximate surface area is 129 Å². The molecule has 0 aliphatic carbocycles. The monoisotopic (exact) mass is 307 g/mol. The minimum Gasteiger partial charge on any atom is -0.462 e. The first kappa shape index (κ1) is 15.4. The predicted molar refractivity (Wildman–Crippen MR) is 79.9 cm³/mol. The zero-order chi connectivity index (χ0) is 15.7. The van der Waals surface area contributed by atoms with E-state index in [0.717, 1.165) is 25.7 Å². The second-order valence-electron chi connectivity index (χ2n) is 6.34. The fourth-order valence-electron chi connectivity index (χ4n) is 3.76. The molecule has 22 heavy (non-hydrogen) atoms. The van der Waals surface area contributed by atoms with Crippen molar-refractivity contribution in [2.75, 3.05) is 13.7 Å². The van der Waals surface area contributed by atoms with Gasteiger partial charge in [-0.25, -0.2) is 4.39 Å². The van der Waals surface area contributed by atoms with Gasteiger partial charge < -0.3 is 14.7 Å². The summed E-state index contributed by atoms with van der Waals surface area (Å²) in [6.45, 7) is -0.445. The third-order valence-electron chi connectivity index (χ3n) is 5.09. The molecule has 2 saturated heterocycles. The van der Waals surface area contributed by atoms with Crippen molar-refractivity contribution in [2.24, 2.45) is 0 Å². The van der Waals surface area contributed by atoms with Gasteiger partial charge in [-0.05, 0) is 38.8 Å². The minimum absolute atomic E-state index is 0.123. The molecular formula is C17H22FNO3. The minimum atomic E-state index is -0.946. The zero-order valence-electron chi connectivity index (χ0n) is 12.7. The summed E-state index contributed by atoms with van der Waals surface area (Å²) in [6.07, 6.45) is 3.82. The Kier molecular flexibility index (Phi) is 4.45. The molecule has 0 spiro atoms. The normalized spacial score (nSPS) is 29.3. The van der Waals surface area contributed by atoms with E-state index in [1.807, 2.05) is 0 Å². The summed E-state index contributed by atoms with van der Waals surface area (Å²) in [5.74, 6) is -1.96. The number of aliphatic hydroxyl groups excluding tert-OH is 1. The number of rotatable bonds is 4. The molecule has 4 nitrogen and oxygen atoms in total. The molecule has 1 aromatic carbocycles. The SMILES string of the molecule is CN1[C@@H]2CC[C@H]1CC(OC(=O)C(CO)c1ccccc1F)C2. The van der Waals surface area contributed by atoms with Gasteiger partial charge in [0, 0.05) is 17.6 Å². The van der Waals surface area contributed by atoms with Crippen LogP contribution in [0.15, 0.2) is 24.3 Å². The van der Waals surface area contributed by atoms with Crippen molar-refractivity contribution in [3.63, 3.8) is 0 Å². The average molecular weight is 307 g/mol. The van der Waals surface area contributed by atoms with Crippen LogP contribution in [-0.4, -0.2) is 47.8 Å². The van der Waals surface area contributed by atoms with Crippen molar-refractivity contribution in [3.05, 3.63) is 35.6 Å². The third-order valence-corrected chi connectivity index (χ3v) is 5.09. The molecule has 5 heteroatoms. The van der Waals surface area contributed by atoms with Gasteiger partial charge in [-0.2, -0.15) is 0 Å². The lowest BCUT2D eigenvalue weighted by molar-refractivity contribution is -0.155. The Morgan fingerprint density at radius 3 is 2.59 bits per heavy atom. The standard InChI is InChI=1S/C17H22FNO3/c1-19-11-6-7-12(19)9-13(8-11)22-17(21)15(10-20)14-4-2-3-5-16(14)18/h2-5,11-13,15,20H,6-10H2,1H3/t11-,12+,13?,15?. The van der Waals surface area contributed by atoms with Crippen molar-refractivity contribution in [1.82, 2.24) is 4.90 Å². The molecule has 2 heterocycles. The molecule has 2 unspecified atom stereocenters. The molecule has 1 N–H and O–H groups in total. The van der Waals surface area contributed by atoms with E-state index in [1.54, 1.807) is 12.1 Å². The van der Waals surface area contributed by atoms with Gasteiger partial charge in [0.15, 0.2) is 0 Å². The Hall–Kier alpha value is -1.46. The van der Waals surface area contributed by atoms with Gasteiger partial charge >= 0.3 is 5.97 Å². The number of benzene rings is 1. The summed E-state index contributed by atoms with van der Waals surface area (Å²) in [5, 5.41) is 9.49. The highest BCUT2D eigenvalue weighted by molar-refractivity contribution is 5.78. The summed E-state index contributed by atoms with van der Waals surface area (Å²) < 4.78 is 19.4. The quantitative estimate of drug-likeness (QED) is 0.865. The lowest BCUT2D eigenvalue weighted by Crippen LogP contribution is -2.43. The molecule has 2 fully saturated rings. The van der Waals surface area contributed by atoms with Crippen LogP contribution in [0.4, 0.5) is 4.39 Å². The fraction of sp³-hybridized carbons (Fsp3) is 0.588. The molecule has 0 amide bonds. The molecule has 2 bridgehead atoms. The second-order valence-corrected chi connectivity index (χ2v) is 6.34. The number of esters is 1. The van der Waals surface area contributed by atoms with Crippen LogP contribution < -0.4 is 0 Å². The summed E-state index contributed by atoms with van der Waals surface area (Å²) in [7, 11) is 2.12. The molecule has 120 valence electrons. The molecule has 3 rings (SSSR count). The Morgan fingerprint density at radius 1 is 1.36 bits per heavy atom. The third kappa shape index (κ3) is 2.88. The highest BCUT2D eigenvalue weighted by Crippen LogP contribution is 2.36. The highest BCUT2D eigenvalue weighted by Gasteiger charge is 2.40. The van der Waals surface area contributed by atoms with Crippen LogP contribution in [0.5, 0.6) is 0 Å². The van der Waals surface area contributed by atoms with Crippen LogP contribution in [-0.2, 0) is 9.53 Å². The lowest BCUT2D eigenvalue weighted by Gasteiger charge is -2.36. The number of hydrogen-bond acceptors (Lipinski definition) is 4. The van der Waals surface area contributed by atoms with Crippen LogP contribution in [0.1, 0.15) is 37.2 Å². The van der Waals surface area contributed by atoms with Gasteiger partial charge in [0.05, 0.1) is 6.61 Å². The molecule has 2 aliphatic rings. The van der Waals surface area contributed by atoms with E-state index >= 15 is 0 Å². The fourth-order valence-corrected chi connectivity index (χ4v) is 3.76. The molecule has 0 saturated carbocycles. The van der Waals surface area contributed by atoms with Gasteiger partial charge in [0.25, 0.3) is 0 Å². The summed E-state index contributed by atoms with van der Waals surface area (Å²) in [4.78, 5) is 14.7. The number of nitrogens with zero attached hydrogens (tertiary/aromatic N) is 1. The van der Waals surface area contributed by atoms with Crippen LogP contribution in [0.25, 0.3) is 0 Å². The van der Waals surface area contributed by atoms with E-state index < -0.39 is 24.3 Å². The molecule has 0 radical (unpaired) electrons. The zero-order valence-corrected chi connectivity index (χ0v) is 12.7. The van der Waals surface area contributed by atoms with Crippen molar-refractivity contribution in [2.45, 2.75) is 49.8 Å². The Balaban J connectivity index is 1.67. The van der Waals surface area contributed by atoms with Crippen molar-refractivity contribution < 1.29 is 19.0 Å². The number of carbonyl (C=O) groups is 1. The predicted octanol–water partition coefficient (Wildman–Crippen LogP) is 2.07. The van der Waals surface area contributed by atoms with E-state index in [2.05, 4.69) is 11.9 Å². The second kappa shape index (κ2) is 6.34.